The Bertz CT molecular complexity index is 746. The molecular weight excluding hydrogens is 300 g/mol. The van der Waals surface area contributed by atoms with Crippen LogP contribution in [0.3, 0.4) is 0 Å². The molecule has 0 radical (unpaired) electrons. The van der Waals surface area contributed by atoms with E-state index in [2.05, 4.69) is 25.9 Å². The minimum absolute atomic E-state index is 0.136. The molecule has 2 unspecified atom stereocenters. The Labute approximate surface area is 144 Å². The lowest BCUT2D eigenvalue weighted by Gasteiger charge is -2.16. The van der Waals surface area contributed by atoms with Crippen molar-refractivity contribution in [1.29, 1.82) is 0 Å². The van der Waals surface area contributed by atoms with Crippen molar-refractivity contribution in [2.24, 2.45) is 0 Å². The molecule has 1 aromatic heterocycles. The maximum atomic E-state index is 12.8. The van der Waals surface area contributed by atoms with Crippen LogP contribution in [0.2, 0.25) is 0 Å². The molecule has 0 spiro atoms. The Morgan fingerprint density at radius 1 is 1.17 bits per heavy atom. The topological polar surface area (TPSA) is 44.1 Å². The van der Waals surface area contributed by atoms with E-state index in [4.69, 9.17) is 4.74 Å². The van der Waals surface area contributed by atoms with Crippen molar-refractivity contribution in [3.8, 4) is 5.75 Å². The molecule has 2 aromatic rings. The lowest BCUT2D eigenvalue weighted by molar-refractivity contribution is 0.0707. The second-order valence-electron chi connectivity index (χ2n) is 6.65. The lowest BCUT2D eigenvalue weighted by Crippen LogP contribution is -2.31. The number of aryl methyl sites for hydroxylation is 3. The van der Waals surface area contributed by atoms with Crippen LogP contribution in [0, 0.1) is 27.7 Å². The predicted molar refractivity (Wildman–Crippen MR) is 97.0 cm³/mol. The number of ether oxygens (including phenoxy) is 1. The first-order valence-corrected chi connectivity index (χ1v) is 8.60. The van der Waals surface area contributed by atoms with Crippen LogP contribution in [0.1, 0.15) is 66.0 Å². The Morgan fingerprint density at radius 2 is 1.83 bits per heavy atom. The standard InChI is InChI=1S/C20H28N2O2/c1-8-12(2)19-15(5)21-22(16(19)6)20(23)17(7)24-18-10-9-13(3)14(4)11-18/h9-12,17H,8H2,1-7H3. The third kappa shape index (κ3) is 3.53. The van der Waals surface area contributed by atoms with Crippen LogP contribution >= 0.6 is 0 Å². The first kappa shape index (κ1) is 18.2. The summed E-state index contributed by atoms with van der Waals surface area (Å²) in [6, 6.07) is 5.87. The van der Waals surface area contributed by atoms with Gasteiger partial charge in [-0.25, -0.2) is 4.68 Å². The minimum atomic E-state index is -0.588. The number of hydrogen-bond donors (Lipinski definition) is 0. The van der Waals surface area contributed by atoms with Gasteiger partial charge in [0.05, 0.1) is 5.69 Å². The molecule has 130 valence electrons. The third-order valence-electron chi connectivity index (χ3n) is 4.80. The summed E-state index contributed by atoms with van der Waals surface area (Å²) in [5.74, 6) is 0.966. The summed E-state index contributed by atoms with van der Waals surface area (Å²) in [6.45, 7) is 14.1. The Hall–Kier alpha value is -2.10. The SMILES string of the molecule is CCC(C)c1c(C)nn(C(=O)C(C)Oc2ccc(C)c(C)c2)c1C. The van der Waals surface area contributed by atoms with Crippen LogP contribution < -0.4 is 4.74 Å². The van der Waals surface area contributed by atoms with Crippen LogP contribution in [0.25, 0.3) is 0 Å². The molecule has 0 fully saturated rings. The molecule has 0 amide bonds. The van der Waals surface area contributed by atoms with Gasteiger partial charge in [-0.05, 0) is 75.8 Å². The molecule has 0 aliphatic carbocycles. The fourth-order valence-electron chi connectivity index (χ4n) is 3.00. The molecule has 2 atom stereocenters. The molecule has 0 N–H and O–H groups in total. The molecule has 24 heavy (non-hydrogen) atoms. The molecule has 2 rings (SSSR count). The van der Waals surface area contributed by atoms with E-state index in [1.807, 2.05) is 39.0 Å². The van der Waals surface area contributed by atoms with Gasteiger partial charge >= 0.3 is 0 Å². The van der Waals surface area contributed by atoms with Gasteiger partial charge in [-0.3, -0.25) is 4.79 Å². The van der Waals surface area contributed by atoms with Gasteiger partial charge in [0.25, 0.3) is 5.91 Å². The number of hydrogen-bond acceptors (Lipinski definition) is 3. The molecule has 1 heterocycles. The van der Waals surface area contributed by atoms with Crippen LogP contribution in [-0.4, -0.2) is 21.8 Å². The van der Waals surface area contributed by atoms with E-state index in [0.29, 0.717) is 11.7 Å². The second kappa shape index (κ2) is 7.20. The second-order valence-corrected chi connectivity index (χ2v) is 6.65. The van der Waals surface area contributed by atoms with E-state index in [0.717, 1.165) is 23.4 Å². The number of rotatable bonds is 5. The fourth-order valence-corrected chi connectivity index (χ4v) is 3.00. The highest BCUT2D eigenvalue weighted by molar-refractivity contribution is 5.83. The monoisotopic (exact) mass is 328 g/mol. The zero-order valence-electron chi connectivity index (χ0n) is 15.8. The maximum absolute atomic E-state index is 12.8. The van der Waals surface area contributed by atoms with Crippen LogP contribution in [0.4, 0.5) is 0 Å². The number of nitrogens with zero attached hydrogens (tertiary/aromatic N) is 2. The van der Waals surface area contributed by atoms with Gasteiger partial charge in [0, 0.05) is 5.69 Å². The number of carbonyl (C=O) groups is 1. The van der Waals surface area contributed by atoms with Crippen molar-refractivity contribution in [2.45, 2.75) is 66.9 Å². The Morgan fingerprint density at radius 3 is 2.42 bits per heavy atom. The number of carbonyl (C=O) groups excluding carboxylic acids is 1. The summed E-state index contributed by atoms with van der Waals surface area (Å²) >= 11 is 0. The summed E-state index contributed by atoms with van der Waals surface area (Å²) < 4.78 is 7.35. The average Bonchev–Trinajstić information content (AvgIpc) is 2.84. The van der Waals surface area contributed by atoms with Crippen LogP contribution in [-0.2, 0) is 0 Å². The molecule has 0 bridgehead atoms. The summed E-state index contributed by atoms with van der Waals surface area (Å²) in [5, 5.41) is 4.46. The molecule has 0 aliphatic heterocycles. The highest BCUT2D eigenvalue weighted by atomic mass is 16.5. The van der Waals surface area contributed by atoms with Gasteiger partial charge in [-0.2, -0.15) is 5.10 Å². The summed E-state index contributed by atoms with van der Waals surface area (Å²) in [7, 11) is 0. The van der Waals surface area contributed by atoms with Crippen molar-refractivity contribution in [3.05, 3.63) is 46.3 Å². The number of aromatic nitrogens is 2. The lowest BCUT2D eigenvalue weighted by atomic mass is 9.97. The average molecular weight is 328 g/mol. The van der Waals surface area contributed by atoms with E-state index in [1.165, 1.54) is 15.8 Å². The van der Waals surface area contributed by atoms with Crippen molar-refractivity contribution in [3.63, 3.8) is 0 Å². The minimum Gasteiger partial charge on any atom is -0.481 e. The zero-order valence-corrected chi connectivity index (χ0v) is 15.8. The summed E-state index contributed by atoms with van der Waals surface area (Å²) in [4.78, 5) is 12.8. The maximum Gasteiger partial charge on any atom is 0.287 e. The normalized spacial score (nSPS) is 13.6. The highest BCUT2D eigenvalue weighted by Crippen LogP contribution is 2.26. The first-order chi connectivity index (χ1) is 11.3. The van der Waals surface area contributed by atoms with Gasteiger partial charge in [-0.15, -0.1) is 0 Å². The van der Waals surface area contributed by atoms with Gasteiger partial charge in [0.2, 0.25) is 0 Å². The van der Waals surface area contributed by atoms with E-state index in [-0.39, 0.29) is 5.91 Å². The first-order valence-electron chi connectivity index (χ1n) is 8.60. The van der Waals surface area contributed by atoms with Gasteiger partial charge in [0.15, 0.2) is 6.10 Å². The Kier molecular flexibility index (Phi) is 5.47. The van der Waals surface area contributed by atoms with Crippen molar-refractivity contribution >= 4 is 5.91 Å². The molecule has 4 nitrogen and oxygen atoms in total. The highest BCUT2D eigenvalue weighted by Gasteiger charge is 2.24. The van der Waals surface area contributed by atoms with Crippen molar-refractivity contribution in [2.75, 3.05) is 0 Å². The fraction of sp³-hybridized carbons (Fsp3) is 0.500. The van der Waals surface area contributed by atoms with Crippen LogP contribution in [0.15, 0.2) is 18.2 Å². The number of benzene rings is 1. The molecule has 4 heteroatoms. The van der Waals surface area contributed by atoms with Gasteiger partial charge in [-0.1, -0.05) is 19.9 Å². The third-order valence-corrected chi connectivity index (χ3v) is 4.80. The van der Waals surface area contributed by atoms with E-state index < -0.39 is 6.10 Å². The zero-order chi connectivity index (χ0) is 18.0. The smallest absolute Gasteiger partial charge is 0.287 e. The van der Waals surface area contributed by atoms with Gasteiger partial charge in [0.1, 0.15) is 5.75 Å². The quantitative estimate of drug-likeness (QED) is 0.796. The largest absolute Gasteiger partial charge is 0.481 e. The molecule has 0 aliphatic rings. The van der Waals surface area contributed by atoms with Gasteiger partial charge < -0.3 is 4.74 Å². The van der Waals surface area contributed by atoms with E-state index in [9.17, 15) is 4.79 Å². The molecule has 1 aromatic carbocycles. The molecular formula is C20H28N2O2. The van der Waals surface area contributed by atoms with Crippen molar-refractivity contribution < 1.29 is 9.53 Å². The summed E-state index contributed by atoms with van der Waals surface area (Å²) in [6.07, 6.45) is 0.436. The molecule has 0 saturated carbocycles. The molecule has 0 saturated heterocycles. The van der Waals surface area contributed by atoms with Crippen molar-refractivity contribution in [1.82, 2.24) is 9.78 Å². The van der Waals surface area contributed by atoms with Crippen LogP contribution in [0.5, 0.6) is 5.75 Å². The predicted octanol–water partition coefficient (Wildman–Crippen LogP) is 4.74. The van der Waals surface area contributed by atoms with E-state index >= 15 is 0 Å². The summed E-state index contributed by atoms with van der Waals surface area (Å²) in [5.41, 5.74) is 5.37. The van der Waals surface area contributed by atoms with E-state index in [1.54, 1.807) is 6.92 Å². The Balaban J connectivity index is 2.23.